The van der Waals surface area contributed by atoms with E-state index in [4.69, 9.17) is 5.73 Å². The topological polar surface area (TPSA) is 92.5 Å². The Morgan fingerprint density at radius 2 is 1.74 bits per heavy atom. The zero-order valence-corrected chi connectivity index (χ0v) is 16.6. The van der Waals surface area contributed by atoms with Crippen LogP contribution in [0.15, 0.2) is 59.5 Å². The minimum atomic E-state index is -3.66. The van der Waals surface area contributed by atoms with Crippen LogP contribution in [0.25, 0.3) is 0 Å². The van der Waals surface area contributed by atoms with Crippen LogP contribution in [0.4, 0.5) is 0 Å². The van der Waals surface area contributed by atoms with Gasteiger partial charge in [-0.15, -0.1) is 0 Å². The number of carbonyl (C=O) groups is 1. The van der Waals surface area contributed by atoms with Crippen LogP contribution in [0.2, 0.25) is 0 Å². The molecule has 6 nitrogen and oxygen atoms in total. The predicted octanol–water partition coefficient (Wildman–Crippen LogP) is 2.21. The Balaban J connectivity index is 2.20. The molecule has 0 aromatic heterocycles. The second-order valence-electron chi connectivity index (χ2n) is 6.52. The van der Waals surface area contributed by atoms with E-state index in [0.29, 0.717) is 19.5 Å². The number of nitrogens with zero attached hydrogens (tertiary/aromatic N) is 1. The van der Waals surface area contributed by atoms with Crippen molar-refractivity contribution in [1.82, 2.24) is 9.62 Å². The fraction of sp³-hybridized carbons (Fsp3) is 0.350. The minimum absolute atomic E-state index is 0.155. The van der Waals surface area contributed by atoms with Crippen molar-refractivity contribution in [3.63, 3.8) is 0 Å². The summed E-state index contributed by atoms with van der Waals surface area (Å²) in [5, 5.41) is 0. The lowest BCUT2D eigenvalue weighted by atomic mass is 10.0. The second-order valence-corrected chi connectivity index (χ2v) is 8.24. The van der Waals surface area contributed by atoms with Gasteiger partial charge in [0.25, 0.3) is 0 Å². The van der Waals surface area contributed by atoms with Crippen LogP contribution in [0.5, 0.6) is 0 Å². The summed E-state index contributed by atoms with van der Waals surface area (Å²) in [5.41, 5.74) is 7.16. The molecule has 146 valence electrons. The van der Waals surface area contributed by atoms with Gasteiger partial charge in [0.05, 0.1) is 11.4 Å². The third-order valence-electron chi connectivity index (χ3n) is 4.39. The van der Waals surface area contributed by atoms with Crippen molar-refractivity contribution in [2.75, 3.05) is 19.6 Å². The first kappa shape index (κ1) is 21.1. The lowest BCUT2D eigenvalue weighted by Gasteiger charge is -2.24. The van der Waals surface area contributed by atoms with E-state index >= 15 is 0 Å². The van der Waals surface area contributed by atoms with Gasteiger partial charge in [-0.3, -0.25) is 9.69 Å². The summed E-state index contributed by atoms with van der Waals surface area (Å²) in [5.74, 6) is -0.395. The van der Waals surface area contributed by atoms with Crippen LogP contribution in [0.1, 0.15) is 30.5 Å². The molecule has 2 aromatic rings. The second kappa shape index (κ2) is 9.64. The molecule has 0 saturated carbocycles. The van der Waals surface area contributed by atoms with E-state index in [1.165, 1.54) is 0 Å². The largest absolute Gasteiger partial charge is 0.369 e. The van der Waals surface area contributed by atoms with Crippen LogP contribution >= 0.6 is 0 Å². The first-order valence-electron chi connectivity index (χ1n) is 8.96. The van der Waals surface area contributed by atoms with Crippen LogP contribution in [0.3, 0.4) is 0 Å². The van der Waals surface area contributed by atoms with Crippen molar-refractivity contribution in [3.8, 4) is 0 Å². The van der Waals surface area contributed by atoms with E-state index in [0.717, 1.165) is 11.1 Å². The molecule has 0 heterocycles. The Labute approximate surface area is 161 Å². The Morgan fingerprint density at radius 3 is 2.30 bits per heavy atom. The molecule has 2 aromatic carbocycles. The molecule has 0 aliphatic heterocycles. The van der Waals surface area contributed by atoms with Crippen molar-refractivity contribution in [1.29, 1.82) is 0 Å². The monoisotopic (exact) mass is 389 g/mol. The molecule has 0 radical (unpaired) electrons. The van der Waals surface area contributed by atoms with E-state index in [1.54, 1.807) is 24.3 Å². The zero-order valence-electron chi connectivity index (χ0n) is 15.8. The molecule has 0 bridgehead atoms. The van der Waals surface area contributed by atoms with Gasteiger partial charge in [0.15, 0.2) is 0 Å². The smallest absolute Gasteiger partial charge is 0.241 e. The average molecular weight is 390 g/mol. The number of likely N-dealkylation sites (N-methyl/N-ethyl adjacent to an activating group) is 1. The number of aryl methyl sites for hydroxylation is 1. The molecule has 3 N–H and O–H groups in total. The average Bonchev–Trinajstić information content (AvgIpc) is 2.64. The SMILES string of the molecule is CCN(CCC(NS(=O)(=O)c1ccc(C)cc1)c1ccccc1)CC(N)=O. The van der Waals surface area contributed by atoms with Crippen molar-refractivity contribution >= 4 is 15.9 Å². The summed E-state index contributed by atoms with van der Waals surface area (Å²) in [7, 11) is -3.66. The molecule has 0 spiro atoms. The highest BCUT2D eigenvalue weighted by Gasteiger charge is 2.22. The van der Waals surface area contributed by atoms with Crippen LogP contribution < -0.4 is 10.5 Å². The Bertz CT molecular complexity index is 837. The number of nitrogens with one attached hydrogen (secondary N) is 1. The minimum Gasteiger partial charge on any atom is -0.369 e. The van der Waals surface area contributed by atoms with Crippen LogP contribution in [0, 0.1) is 6.92 Å². The first-order valence-corrected chi connectivity index (χ1v) is 10.4. The number of carbonyl (C=O) groups excluding carboxylic acids is 1. The highest BCUT2D eigenvalue weighted by Crippen LogP contribution is 2.21. The molecule has 0 fully saturated rings. The van der Waals surface area contributed by atoms with Gasteiger partial charge in [0.2, 0.25) is 15.9 Å². The summed E-state index contributed by atoms with van der Waals surface area (Å²) in [6, 6.07) is 15.8. The number of rotatable bonds is 10. The van der Waals surface area contributed by atoms with Crippen LogP contribution in [-0.4, -0.2) is 38.9 Å². The number of nitrogens with two attached hydrogens (primary N) is 1. The van der Waals surface area contributed by atoms with Gasteiger partial charge in [0.1, 0.15) is 0 Å². The summed E-state index contributed by atoms with van der Waals surface area (Å²) in [4.78, 5) is 13.3. The number of benzene rings is 2. The Kier molecular flexibility index (Phi) is 7.53. The lowest BCUT2D eigenvalue weighted by molar-refractivity contribution is -0.119. The number of hydrogen-bond donors (Lipinski definition) is 2. The number of hydrogen-bond acceptors (Lipinski definition) is 4. The highest BCUT2D eigenvalue weighted by atomic mass is 32.2. The van der Waals surface area contributed by atoms with Crippen LogP contribution in [-0.2, 0) is 14.8 Å². The number of sulfonamides is 1. The third-order valence-corrected chi connectivity index (χ3v) is 5.88. The van der Waals surface area contributed by atoms with Gasteiger partial charge in [-0.25, -0.2) is 13.1 Å². The molecule has 1 amide bonds. The molecule has 27 heavy (non-hydrogen) atoms. The molecule has 1 atom stereocenters. The molecular formula is C20H27N3O3S. The maximum Gasteiger partial charge on any atom is 0.241 e. The Morgan fingerprint density at radius 1 is 1.11 bits per heavy atom. The van der Waals surface area contributed by atoms with Gasteiger partial charge in [-0.1, -0.05) is 55.0 Å². The molecule has 0 aliphatic carbocycles. The molecule has 7 heteroatoms. The normalized spacial score (nSPS) is 12.9. The number of amides is 1. The van der Waals surface area contributed by atoms with Gasteiger partial charge in [-0.05, 0) is 37.6 Å². The fourth-order valence-electron chi connectivity index (χ4n) is 2.83. The van der Waals surface area contributed by atoms with Gasteiger partial charge in [0, 0.05) is 12.6 Å². The van der Waals surface area contributed by atoms with Crippen molar-refractivity contribution in [2.24, 2.45) is 5.73 Å². The standard InChI is InChI=1S/C20H27N3O3S/c1-3-23(15-20(21)24)14-13-19(17-7-5-4-6-8-17)22-27(25,26)18-11-9-16(2)10-12-18/h4-12,19,22H,3,13-15H2,1-2H3,(H2,21,24). The maximum absolute atomic E-state index is 12.8. The summed E-state index contributed by atoms with van der Waals surface area (Å²) in [6.07, 6.45) is 0.524. The predicted molar refractivity (Wildman–Crippen MR) is 107 cm³/mol. The van der Waals surface area contributed by atoms with Crippen molar-refractivity contribution in [2.45, 2.75) is 31.2 Å². The summed E-state index contributed by atoms with van der Waals surface area (Å²) >= 11 is 0. The molecule has 1 unspecified atom stereocenters. The van der Waals surface area contributed by atoms with Gasteiger partial charge >= 0.3 is 0 Å². The lowest BCUT2D eigenvalue weighted by Crippen LogP contribution is -2.37. The maximum atomic E-state index is 12.8. The highest BCUT2D eigenvalue weighted by molar-refractivity contribution is 7.89. The van der Waals surface area contributed by atoms with Crippen molar-refractivity contribution < 1.29 is 13.2 Å². The van der Waals surface area contributed by atoms with E-state index < -0.39 is 22.0 Å². The van der Waals surface area contributed by atoms with E-state index in [2.05, 4.69) is 4.72 Å². The van der Waals surface area contributed by atoms with Gasteiger partial charge in [-0.2, -0.15) is 0 Å². The molecule has 2 rings (SSSR count). The first-order chi connectivity index (χ1) is 12.8. The zero-order chi connectivity index (χ0) is 19.9. The molecular weight excluding hydrogens is 362 g/mol. The van der Waals surface area contributed by atoms with E-state index in [9.17, 15) is 13.2 Å². The van der Waals surface area contributed by atoms with Gasteiger partial charge < -0.3 is 5.73 Å². The number of primary amides is 1. The molecule has 0 aliphatic rings. The molecule has 0 saturated heterocycles. The quantitative estimate of drug-likeness (QED) is 0.652. The summed E-state index contributed by atoms with van der Waals surface area (Å²) < 4.78 is 28.4. The Hall–Kier alpha value is -2.22. The third kappa shape index (κ3) is 6.46. The van der Waals surface area contributed by atoms with E-state index in [1.807, 2.05) is 49.1 Å². The summed E-state index contributed by atoms with van der Waals surface area (Å²) in [6.45, 7) is 5.22. The van der Waals surface area contributed by atoms with E-state index in [-0.39, 0.29) is 11.4 Å². The fourth-order valence-corrected chi connectivity index (χ4v) is 4.09. The van der Waals surface area contributed by atoms with Crippen molar-refractivity contribution in [3.05, 3.63) is 65.7 Å².